The Morgan fingerprint density at radius 2 is 1.11 bits per heavy atom. The lowest BCUT2D eigenvalue weighted by atomic mass is 9.88. The highest BCUT2D eigenvalue weighted by atomic mass is 32.1. The van der Waals surface area contributed by atoms with Gasteiger partial charge in [-0.15, -0.1) is 25.3 Å². The van der Waals surface area contributed by atoms with E-state index in [9.17, 15) is 0 Å². The van der Waals surface area contributed by atoms with Gasteiger partial charge in [-0.25, -0.2) is 0 Å². The topological polar surface area (TPSA) is 38.2 Å². The van der Waals surface area contributed by atoms with E-state index in [0.717, 1.165) is 97.9 Å². The maximum Gasteiger partial charge on any atom is 0.180 e. The first-order chi connectivity index (χ1) is 16.9. The zero-order valence-corrected chi connectivity index (χ0v) is 26.4. The molecule has 0 amide bonds. The number of aromatic nitrogens is 4. The third-order valence-corrected chi connectivity index (χ3v) is 8.17. The Balaban J connectivity index is 1.58. The monoisotopic (exact) mass is 574 g/mol. The van der Waals surface area contributed by atoms with Crippen molar-refractivity contribution >= 4 is 49.7 Å². The Hall–Kier alpha value is -0.520. The molecule has 0 spiro atoms. The summed E-state index contributed by atoms with van der Waals surface area (Å²) in [6, 6.07) is 0. The molecule has 0 saturated heterocycles. The average molecular weight is 575 g/mol. The Kier molecular flexibility index (Phi) is 12.8. The maximum atomic E-state index is 5.89. The molecule has 2 aromatic heterocycles. The number of hydrogen-bond donors (Lipinski definition) is 2. The smallest absolute Gasteiger partial charge is 0.180 e. The van der Waals surface area contributed by atoms with Crippen LogP contribution in [0.5, 0.6) is 0 Å². The molecule has 2 aromatic rings. The molecule has 0 N–H and O–H groups in total. The number of ether oxygens (including phenoxy) is 2. The van der Waals surface area contributed by atoms with Crippen molar-refractivity contribution in [2.75, 3.05) is 26.4 Å². The zero-order chi connectivity index (χ0) is 26.9. The fraction of sp³-hybridized carbons (Fsp3) is 0.769. The molecule has 0 saturated carbocycles. The van der Waals surface area contributed by atoms with Crippen molar-refractivity contribution in [1.82, 2.24) is 18.3 Å². The molecule has 2 rings (SSSR count). The lowest BCUT2D eigenvalue weighted by Gasteiger charge is -2.26. The zero-order valence-electron chi connectivity index (χ0n) is 23.0. The van der Waals surface area contributed by atoms with Crippen LogP contribution in [-0.2, 0) is 35.7 Å². The van der Waals surface area contributed by atoms with Gasteiger partial charge in [0, 0.05) is 65.0 Å². The minimum atomic E-state index is 0.0795. The average Bonchev–Trinajstić information content (AvgIpc) is 3.23. The molecule has 0 unspecified atom stereocenters. The predicted octanol–water partition coefficient (Wildman–Crippen LogP) is 7.31. The van der Waals surface area contributed by atoms with Gasteiger partial charge in [-0.2, -0.15) is 0 Å². The molecule has 0 aliphatic rings. The van der Waals surface area contributed by atoms with E-state index in [2.05, 4.69) is 85.1 Å². The third kappa shape index (κ3) is 9.66. The largest absolute Gasteiger partial charge is 0.381 e. The van der Waals surface area contributed by atoms with E-state index in [1.165, 1.54) is 0 Å². The summed E-state index contributed by atoms with van der Waals surface area (Å²) >= 11 is 20.4. The van der Waals surface area contributed by atoms with Crippen LogP contribution in [0.2, 0.25) is 0 Å². The molecule has 0 atom stereocenters. The van der Waals surface area contributed by atoms with Crippen LogP contribution in [-0.4, -0.2) is 44.7 Å². The summed E-state index contributed by atoms with van der Waals surface area (Å²) in [6.07, 6.45) is 8.01. The highest BCUT2D eigenvalue weighted by Crippen LogP contribution is 2.27. The van der Waals surface area contributed by atoms with Crippen LogP contribution in [0.3, 0.4) is 0 Å². The van der Waals surface area contributed by atoms with Crippen molar-refractivity contribution in [1.29, 1.82) is 0 Å². The molecule has 0 aromatic carbocycles. The third-order valence-electron chi connectivity index (χ3n) is 6.55. The minimum Gasteiger partial charge on any atom is -0.381 e. The van der Waals surface area contributed by atoms with Gasteiger partial charge in [0.2, 0.25) is 0 Å². The quantitative estimate of drug-likeness (QED) is 0.118. The second kappa shape index (κ2) is 14.6. The van der Waals surface area contributed by atoms with E-state index in [4.69, 9.17) is 33.9 Å². The normalized spacial score (nSPS) is 12.6. The van der Waals surface area contributed by atoms with E-state index in [1.54, 1.807) is 0 Å². The molecule has 0 radical (unpaired) electrons. The Bertz CT molecular complexity index is 981. The van der Waals surface area contributed by atoms with Gasteiger partial charge >= 0.3 is 0 Å². The number of rotatable bonds is 17. The standard InChI is InChI=1S/C26H46N4O2S4/c1-7-27-17-21(33)29(23(27)35)19-25(3,4)11-9-13-31-14-10-15-32-16-12-26(5,6)20-30-22(34)18-28(8-2)24(30)36/h17-18,33-34H,7-16,19-20H2,1-6H3. The summed E-state index contributed by atoms with van der Waals surface area (Å²) in [5.41, 5.74) is 0.210. The van der Waals surface area contributed by atoms with Crippen molar-refractivity contribution in [3.63, 3.8) is 0 Å². The van der Waals surface area contributed by atoms with Crippen LogP contribution < -0.4 is 0 Å². The fourth-order valence-corrected chi connectivity index (χ4v) is 5.70. The van der Waals surface area contributed by atoms with Crippen LogP contribution in [0.1, 0.15) is 67.2 Å². The number of aryl methyl sites for hydroxylation is 2. The molecule has 0 aliphatic carbocycles. The van der Waals surface area contributed by atoms with Gasteiger partial charge in [0.15, 0.2) is 9.54 Å². The Labute approximate surface area is 239 Å². The van der Waals surface area contributed by atoms with Crippen molar-refractivity contribution in [2.45, 2.75) is 103 Å². The molecule has 0 fully saturated rings. The van der Waals surface area contributed by atoms with E-state index in [1.807, 2.05) is 12.4 Å². The second-order valence-electron chi connectivity index (χ2n) is 11.0. The highest BCUT2D eigenvalue weighted by Gasteiger charge is 2.22. The summed E-state index contributed by atoms with van der Waals surface area (Å²) in [5, 5.41) is 1.85. The SMILES string of the molecule is CCn1cc(S)n(CC(C)(C)CCCOCCCOCCC(C)(C)Cn2c(S)cn(CC)c2=S)c1=S. The molecule has 36 heavy (non-hydrogen) atoms. The summed E-state index contributed by atoms with van der Waals surface area (Å²) in [7, 11) is 0. The molecule has 2 heterocycles. The van der Waals surface area contributed by atoms with E-state index >= 15 is 0 Å². The first-order valence-corrected chi connectivity index (χ1v) is 14.7. The summed E-state index contributed by atoms with van der Waals surface area (Å²) < 4.78 is 21.8. The van der Waals surface area contributed by atoms with Gasteiger partial charge < -0.3 is 27.7 Å². The van der Waals surface area contributed by atoms with Crippen molar-refractivity contribution in [2.24, 2.45) is 10.8 Å². The van der Waals surface area contributed by atoms with Gasteiger partial charge in [0.1, 0.15) is 0 Å². The number of thiol groups is 2. The van der Waals surface area contributed by atoms with Crippen LogP contribution in [0.15, 0.2) is 22.4 Å². The van der Waals surface area contributed by atoms with Crippen molar-refractivity contribution in [3.8, 4) is 0 Å². The number of nitrogens with zero attached hydrogens (tertiary/aromatic N) is 4. The highest BCUT2D eigenvalue weighted by molar-refractivity contribution is 7.80. The molecule has 0 bridgehead atoms. The van der Waals surface area contributed by atoms with Gasteiger partial charge in [0.05, 0.1) is 10.1 Å². The van der Waals surface area contributed by atoms with E-state index in [-0.39, 0.29) is 10.8 Å². The lowest BCUT2D eigenvalue weighted by Crippen LogP contribution is -2.22. The van der Waals surface area contributed by atoms with Crippen LogP contribution in [0.25, 0.3) is 0 Å². The molecule has 0 aliphatic heterocycles. The molecule has 206 valence electrons. The first kappa shape index (κ1) is 31.7. The Morgan fingerprint density at radius 1 is 0.694 bits per heavy atom. The molecular weight excluding hydrogens is 529 g/mol. The summed E-state index contributed by atoms with van der Waals surface area (Å²) in [4.78, 5) is 0. The van der Waals surface area contributed by atoms with Crippen LogP contribution in [0, 0.1) is 20.4 Å². The predicted molar refractivity (Wildman–Crippen MR) is 160 cm³/mol. The minimum absolute atomic E-state index is 0.0795. The molecule has 10 heteroatoms. The van der Waals surface area contributed by atoms with Gasteiger partial charge in [0.25, 0.3) is 0 Å². The van der Waals surface area contributed by atoms with Crippen LogP contribution in [0.4, 0.5) is 0 Å². The molecular formula is C26H46N4O2S4. The van der Waals surface area contributed by atoms with Gasteiger partial charge in [-0.3, -0.25) is 0 Å². The van der Waals surface area contributed by atoms with E-state index in [0.29, 0.717) is 0 Å². The van der Waals surface area contributed by atoms with E-state index < -0.39 is 0 Å². The summed E-state index contributed by atoms with van der Waals surface area (Å²) in [5.74, 6) is 0. The summed E-state index contributed by atoms with van der Waals surface area (Å²) in [6.45, 7) is 19.7. The molecule has 6 nitrogen and oxygen atoms in total. The number of imidazole rings is 2. The first-order valence-electron chi connectivity index (χ1n) is 13.0. The van der Waals surface area contributed by atoms with Gasteiger partial charge in [-0.1, -0.05) is 27.7 Å². The Morgan fingerprint density at radius 3 is 1.56 bits per heavy atom. The van der Waals surface area contributed by atoms with Crippen LogP contribution >= 0.6 is 49.7 Å². The second-order valence-corrected chi connectivity index (χ2v) is 12.7. The number of hydrogen-bond acceptors (Lipinski definition) is 6. The lowest BCUT2D eigenvalue weighted by molar-refractivity contribution is 0.0635. The van der Waals surface area contributed by atoms with Gasteiger partial charge in [-0.05, 0) is 74.8 Å². The van der Waals surface area contributed by atoms with Crippen molar-refractivity contribution < 1.29 is 9.47 Å². The fourth-order valence-electron chi connectivity index (χ4n) is 4.27. The maximum absolute atomic E-state index is 5.89. The van der Waals surface area contributed by atoms with Crippen molar-refractivity contribution in [3.05, 3.63) is 21.9 Å².